The molecule has 0 amide bonds. The molecule has 0 aromatic rings. The van der Waals surface area contributed by atoms with Gasteiger partial charge in [-0.25, -0.2) is 0 Å². The monoisotopic (exact) mass is 239 g/mol. The van der Waals surface area contributed by atoms with Gasteiger partial charge in [-0.15, -0.1) is 0 Å². The molecule has 3 nitrogen and oxygen atoms in total. The molecule has 0 aromatic heterocycles. The van der Waals surface area contributed by atoms with Crippen LogP contribution < -0.4 is 5.23 Å². The fourth-order valence-electron chi connectivity index (χ4n) is 1.94. The Hall–Kier alpha value is -0.635. The van der Waals surface area contributed by atoms with E-state index in [1.807, 2.05) is 20.8 Å². The maximum Gasteiger partial charge on any atom is 0.283 e. The van der Waals surface area contributed by atoms with E-state index in [1.54, 1.807) is 6.92 Å². The van der Waals surface area contributed by atoms with Gasteiger partial charge in [0.25, 0.3) is 7.41 Å². The number of nitrogens with one attached hydrogen (secondary N) is 1. The van der Waals surface area contributed by atoms with E-state index in [0.29, 0.717) is 7.41 Å². The van der Waals surface area contributed by atoms with E-state index in [2.05, 4.69) is 12.2 Å². The van der Waals surface area contributed by atoms with E-state index in [0.717, 1.165) is 25.7 Å². The Balaban J connectivity index is 4.31. The first-order valence-electron chi connectivity index (χ1n) is 6.66. The fourth-order valence-corrected chi connectivity index (χ4v) is 1.94. The van der Waals surface area contributed by atoms with Crippen LogP contribution in [0.3, 0.4) is 0 Å². The van der Waals surface area contributed by atoms with Gasteiger partial charge in [-0.05, 0) is 26.7 Å². The minimum absolute atomic E-state index is 0.0883. The average Bonchev–Trinajstić information content (AvgIpc) is 2.26. The molecule has 2 atom stereocenters. The predicted octanol–water partition coefficient (Wildman–Crippen LogP) is 2.04. The van der Waals surface area contributed by atoms with Crippen molar-refractivity contribution in [2.45, 2.75) is 65.8 Å². The lowest BCUT2D eigenvalue weighted by Gasteiger charge is -2.28. The summed E-state index contributed by atoms with van der Waals surface area (Å²) in [6, 6.07) is 0. The molecule has 0 aliphatic heterocycles. The quantitative estimate of drug-likeness (QED) is 0.626. The Morgan fingerprint density at radius 3 is 2.29 bits per heavy atom. The van der Waals surface area contributed by atoms with Crippen molar-refractivity contribution in [1.29, 1.82) is 0 Å². The van der Waals surface area contributed by atoms with Gasteiger partial charge in [0.1, 0.15) is 11.5 Å². The molecule has 4 heteroatoms. The zero-order chi connectivity index (χ0) is 13.5. The molecule has 17 heavy (non-hydrogen) atoms. The number of carbonyl (C=O) groups is 2. The van der Waals surface area contributed by atoms with Crippen LogP contribution in [0.2, 0.25) is 0 Å². The van der Waals surface area contributed by atoms with Crippen molar-refractivity contribution in [1.82, 2.24) is 5.23 Å². The van der Waals surface area contributed by atoms with Gasteiger partial charge in [0.15, 0.2) is 0 Å². The highest BCUT2D eigenvalue weighted by molar-refractivity contribution is 6.72. The van der Waals surface area contributed by atoms with Crippen molar-refractivity contribution in [2.75, 3.05) is 0 Å². The van der Waals surface area contributed by atoms with Gasteiger partial charge in [-0.2, -0.15) is 0 Å². The molecule has 0 spiro atoms. The topological polar surface area (TPSA) is 46.2 Å². The van der Waals surface area contributed by atoms with Crippen LogP contribution in [0.4, 0.5) is 0 Å². The summed E-state index contributed by atoms with van der Waals surface area (Å²) >= 11 is 0. The van der Waals surface area contributed by atoms with Crippen LogP contribution in [0.25, 0.3) is 0 Å². The summed E-state index contributed by atoms with van der Waals surface area (Å²) in [5, 5.41) is 3.14. The van der Waals surface area contributed by atoms with E-state index in [-0.39, 0.29) is 17.4 Å². The van der Waals surface area contributed by atoms with Crippen LogP contribution in [0.15, 0.2) is 0 Å². The Kier molecular flexibility index (Phi) is 7.36. The normalized spacial score (nSPS) is 16.1. The first kappa shape index (κ1) is 16.4. The van der Waals surface area contributed by atoms with Gasteiger partial charge in [0, 0.05) is 5.92 Å². The van der Waals surface area contributed by atoms with Gasteiger partial charge >= 0.3 is 0 Å². The molecule has 0 fully saturated rings. The first-order valence-corrected chi connectivity index (χ1v) is 6.66. The molecule has 0 aliphatic carbocycles. The number of Topliss-reactive ketones (excluding diaryl/α,β-unsaturated/α-hetero) is 1. The molecule has 0 aromatic carbocycles. The van der Waals surface area contributed by atoms with Gasteiger partial charge in [0.2, 0.25) is 0 Å². The largest absolute Gasteiger partial charge is 0.341 e. The third kappa shape index (κ3) is 5.49. The molecule has 98 valence electrons. The lowest BCUT2D eigenvalue weighted by atomic mass is 9.74. The third-order valence-corrected chi connectivity index (χ3v) is 3.45. The predicted molar refractivity (Wildman–Crippen MR) is 73.4 cm³/mol. The summed E-state index contributed by atoms with van der Waals surface area (Å²) in [5.41, 5.74) is -0.341. The molecular formula is C13H26BNO2. The fraction of sp³-hybridized carbons (Fsp3) is 0.846. The van der Waals surface area contributed by atoms with Crippen molar-refractivity contribution < 1.29 is 9.59 Å². The van der Waals surface area contributed by atoms with E-state index in [9.17, 15) is 9.59 Å². The minimum Gasteiger partial charge on any atom is -0.341 e. The molecule has 0 saturated carbocycles. The Bertz CT molecular complexity index is 268. The van der Waals surface area contributed by atoms with Crippen molar-refractivity contribution in [3.05, 3.63) is 0 Å². The summed E-state index contributed by atoms with van der Waals surface area (Å²) in [5.74, 6) is 0.195. The van der Waals surface area contributed by atoms with Crippen LogP contribution in [-0.2, 0) is 9.59 Å². The Morgan fingerprint density at radius 2 is 1.88 bits per heavy atom. The van der Waals surface area contributed by atoms with E-state index in [4.69, 9.17) is 0 Å². The highest BCUT2D eigenvalue weighted by atomic mass is 16.1. The van der Waals surface area contributed by atoms with Crippen LogP contribution in [0.1, 0.15) is 60.3 Å². The molecule has 0 saturated heterocycles. The molecule has 0 rings (SSSR count). The number of hydrogen-bond acceptors (Lipinski definition) is 3. The second kappa shape index (κ2) is 7.64. The summed E-state index contributed by atoms with van der Waals surface area (Å²) in [4.78, 5) is 23.4. The van der Waals surface area contributed by atoms with Crippen molar-refractivity contribution in [2.24, 2.45) is 5.92 Å². The van der Waals surface area contributed by atoms with E-state index >= 15 is 0 Å². The maximum absolute atomic E-state index is 11.8. The van der Waals surface area contributed by atoms with Gasteiger partial charge < -0.3 is 10.0 Å². The van der Waals surface area contributed by atoms with Crippen molar-refractivity contribution in [3.8, 4) is 0 Å². The highest BCUT2D eigenvalue weighted by Crippen LogP contribution is 2.13. The zero-order valence-electron chi connectivity index (χ0n) is 11.9. The molecule has 0 aliphatic rings. The van der Waals surface area contributed by atoms with Crippen LogP contribution in [0, 0.1) is 5.92 Å². The molecule has 2 unspecified atom stereocenters. The second-order valence-electron chi connectivity index (χ2n) is 5.15. The van der Waals surface area contributed by atoms with E-state index in [1.165, 1.54) is 0 Å². The highest BCUT2D eigenvalue weighted by Gasteiger charge is 2.29. The van der Waals surface area contributed by atoms with Crippen LogP contribution in [0.5, 0.6) is 0 Å². The smallest absolute Gasteiger partial charge is 0.283 e. The lowest BCUT2D eigenvalue weighted by Crippen LogP contribution is -2.52. The summed E-state index contributed by atoms with van der Waals surface area (Å²) < 4.78 is 0. The molecule has 0 bridgehead atoms. The average molecular weight is 239 g/mol. The second-order valence-corrected chi connectivity index (χ2v) is 5.15. The van der Waals surface area contributed by atoms with Crippen LogP contribution in [-0.4, -0.2) is 24.4 Å². The standard InChI is InChI=1S/C13H26BNO2/c1-6-8-10(3)12(17)14-15-13(5,9-7-2)11(4)16/h10,14-15H,6-9H2,1-5H3. The summed E-state index contributed by atoms with van der Waals surface area (Å²) in [7, 11) is 0.303. The number of ketones is 1. The number of carbonyl (C=O) groups excluding carboxylic acids is 2. The first-order chi connectivity index (χ1) is 7.87. The van der Waals surface area contributed by atoms with Gasteiger partial charge in [0.05, 0.1) is 5.54 Å². The summed E-state index contributed by atoms with van der Waals surface area (Å²) in [6.45, 7) is 9.55. The van der Waals surface area contributed by atoms with Crippen molar-refractivity contribution >= 4 is 18.9 Å². The SMILES string of the molecule is CCCC(C)C(=O)BNC(C)(CCC)C(C)=O. The molecule has 0 radical (unpaired) electrons. The molecule has 1 N–H and O–H groups in total. The maximum atomic E-state index is 11.8. The van der Waals surface area contributed by atoms with Gasteiger partial charge in [-0.3, -0.25) is 4.79 Å². The molecular weight excluding hydrogens is 213 g/mol. The Labute approximate surface area is 106 Å². The van der Waals surface area contributed by atoms with Crippen LogP contribution >= 0.6 is 0 Å². The van der Waals surface area contributed by atoms with Crippen molar-refractivity contribution in [3.63, 3.8) is 0 Å². The molecule has 0 heterocycles. The third-order valence-electron chi connectivity index (χ3n) is 3.45. The lowest BCUT2D eigenvalue weighted by molar-refractivity contribution is -0.122. The Morgan fingerprint density at radius 1 is 1.29 bits per heavy atom. The minimum atomic E-state index is -0.545. The number of rotatable bonds is 9. The van der Waals surface area contributed by atoms with E-state index < -0.39 is 5.54 Å². The number of hydrogen-bond donors (Lipinski definition) is 1. The zero-order valence-corrected chi connectivity index (χ0v) is 11.9. The summed E-state index contributed by atoms with van der Waals surface area (Å²) in [6.07, 6.45) is 3.65. The van der Waals surface area contributed by atoms with Gasteiger partial charge in [-0.1, -0.05) is 33.6 Å².